The quantitative estimate of drug-likeness (QED) is 0.394. The van der Waals surface area contributed by atoms with Gasteiger partial charge in [0.25, 0.3) is 0 Å². The lowest BCUT2D eigenvalue weighted by Crippen LogP contribution is -2.18. The van der Waals surface area contributed by atoms with Crippen molar-refractivity contribution < 1.29 is 9.59 Å². The molecule has 2 amide bonds. The number of nitrogens with zero attached hydrogens (tertiary/aromatic N) is 3. The molecule has 1 aliphatic heterocycles. The van der Waals surface area contributed by atoms with Crippen LogP contribution in [0.2, 0.25) is 0 Å². The molecule has 0 spiro atoms. The molecule has 33 heavy (non-hydrogen) atoms. The van der Waals surface area contributed by atoms with Gasteiger partial charge in [0.2, 0.25) is 16.9 Å². The first-order chi connectivity index (χ1) is 16.0. The van der Waals surface area contributed by atoms with Crippen LogP contribution in [0.25, 0.3) is 0 Å². The van der Waals surface area contributed by atoms with Crippen LogP contribution in [0.15, 0.2) is 46.8 Å². The highest BCUT2D eigenvalue weighted by atomic mass is 32.2. The first-order valence-corrected chi connectivity index (χ1v) is 12.5. The lowest BCUT2D eigenvalue weighted by Gasteiger charge is -2.19. The number of amides is 2. The van der Waals surface area contributed by atoms with Crippen LogP contribution in [0.3, 0.4) is 0 Å². The Labute approximate surface area is 201 Å². The van der Waals surface area contributed by atoms with E-state index in [0.717, 1.165) is 30.0 Å². The third-order valence-electron chi connectivity index (χ3n) is 5.12. The van der Waals surface area contributed by atoms with Crippen LogP contribution in [0, 0.1) is 6.92 Å². The van der Waals surface area contributed by atoms with Crippen molar-refractivity contribution in [2.75, 3.05) is 39.7 Å². The Morgan fingerprint density at radius 3 is 2.61 bits per heavy atom. The number of thioether (sulfide) groups is 1. The van der Waals surface area contributed by atoms with E-state index in [2.05, 4.69) is 43.2 Å². The van der Waals surface area contributed by atoms with Crippen molar-refractivity contribution >= 4 is 62.8 Å². The van der Waals surface area contributed by atoms with Gasteiger partial charge in [-0.05, 0) is 61.7 Å². The Balaban J connectivity index is 1.28. The molecule has 172 valence electrons. The maximum absolute atomic E-state index is 12.5. The number of aromatic nitrogens is 2. The van der Waals surface area contributed by atoms with Crippen molar-refractivity contribution in [1.29, 1.82) is 0 Å². The molecule has 0 radical (unpaired) electrons. The van der Waals surface area contributed by atoms with Crippen LogP contribution in [0.5, 0.6) is 0 Å². The second-order valence-corrected chi connectivity index (χ2v) is 9.99. The Morgan fingerprint density at radius 1 is 1.06 bits per heavy atom. The zero-order valence-electron chi connectivity index (χ0n) is 18.6. The molecular formula is C23H26N6O2S2. The number of rotatable bonds is 8. The highest BCUT2D eigenvalue weighted by Crippen LogP contribution is 2.29. The van der Waals surface area contributed by atoms with Gasteiger partial charge in [-0.25, -0.2) is 0 Å². The molecule has 0 atom stereocenters. The molecule has 0 aliphatic carbocycles. The molecule has 3 N–H and O–H groups in total. The van der Waals surface area contributed by atoms with Crippen LogP contribution < -0.4 is 20.9 Å². The van der Waals surface area contributed by atoms with Gasteiger partial charge in [-0.15, -0.1) is 10.2 Å². The number of hydrogen-bond donors (Lipinski definition) is 3. The van der Waals surface area contributed by atoms with E-state index < -0.39 is 0 Å². The molecule has 1 fully saturated rings. The number of carbonyl (C=O) groups is 2. The second-order valence-electron chi connectivity index (χ2n) is 7.79. The van der Waals surface area contributed by atoms with Crippen LogP contribution in [-0.2, 0) is 9.59 Å². The van der Waals surface area contributed by atoms with Gasteiger partial charge >= 0.3 is 0 Å². The number of hydrogen-bond acceptors (Lipinski definition) is 8. The molecule has 0 unspecified atom stereocenters. The third kappa shape index (κ3) is 6.45. The zero-order chi connectivity index (χ0) is 23.2. The van der Waals surface area contributed by atoms with Gasteiger partial charge in [-0.2, -0.15) is 0 Å². The average molecular weight is 483 g/mol. The van der Waals surface area contributed by atoms with Gasteiger partial charge in [0, 0.05) is 42.8 Å². The molecule has 4 rings (SSSR count). The normalized spacial score (nSPS) is 13.1. The van der Waals surface area contributed by atoms with Crippen LogP contribution in [0.1, 0.15) is 25.3 Å². The summed E-state index contributed by atoms with van der Waals surface area (Å²) in [5.41, 5.74) is 4.60. The third-order valence-corrected chi connectivity index (χ3v) is 7.09. The molecule has 1 aromatic heterocycles. The van der Waals surface area contributed by atoms with Gasteiger partial charge in [0.1, 0.15) is 0 Å². The summed E-state index contributed by atoms with van der Waals surface area (Å²) in [4.78, 5) is 26.1. The summed E-state index contributed by atoms with van der Waals surface area (Å²) in [6.07, 6.45) is 2.47. The minimum atomic E-state index is -0.127. The van der Waals surface area contributed by atoms with Crippen molar-refractivity contribution in [2.24, 2.45) is 0 Å². The van der Waals surface area contributed by atoms with E-state index >= 15 is 0 Å². The fourth-order valence-electron chi connectivity index (χ4n) is 3.59. The number of benzene rings is 2. The average Bonchev–Trinajstić information content (AvgIpc) is 3.46. The fraction of sp³-hybridized carbons (Fsp3) is 0.304. The molecule has 2 aromatic carbocycles. The molecule has 2 heterocycles. The molecule has 10 heteroatoms. The van der Waals surface area contributed by atoms with E-state index in [1.807, 2.05) is 37.3 Å². The number of aryl methyl sites for hydroxylation is 1. The standard InChI is InChI=1S/C23H26N6O2S2/c1-15-12-19(29-10-3-4-11-29)8-9-20(15)26-21(31)14-32-23-28-27-22(33-23)25-18-7-5-6-17(13-18)24-16(2)30/h5-9,12-13H,3-4,10-11,14H2,1-2H3,(H,24,30)(H,25,27)(H,26,31). The van der Waals surface area contributed by atoms with E-state index in [9.17, 15) is 9.59 Å². The SMILES string of the molecule is CC(=O)Nc1cccc(Nc2nnc(SCC(=O)Nc3ccc(N4CCCC4)cc3C)s2)c1. The molecule has 8 nitrogen and oxygen atoms in total. The summed E-state index contributed by atoms with van der Waals surface area (Å²) >= 11 is 2.72. The summed E-state index contributed by atoms with van der Waals surface area (Å²) in [6, 6.07) is 13.5. The minimum absolute atomic E-state index is 0.0789. The summed E-state index contributed by atoms with van der Waals surface area (Å²) < 4.78 is 0.701. The van der Waals surface area contributed by atoms with Gasteiger partial charge in [-0.1, -0.05) is 29.2 Å². The maximum atomic E-state index is 12.5. The number of carbonyl (C=O) groups excluding carboxylic acids is 2. The van der Waals surface area contributed by atoms with E-state index in [0.29, 0.717) is 15.2 Å². The smallest absolute Gasteiger partial charge is 0.234 e. The van der Waals surface area contributed by atoms with Crippen molar-refractivity contribution in [3.8, 4) is 0 Å². The Bertz CT molecular complexity index is 1140. The molecule has 1 saturated heterocycles. The highest BCUT2D eigenvalue weighted by Gasteiger charge is 2.14. The molecular weight excluding hydrogens is 456 g/mol. The van der Waals surface area contributed by atoms with Gasteiger partial charge in [-0.3, -0.25) is 9.59 Å². The minimum Gasteiger partial charge on any atom is -0.372 e. The number of nitrogens with one attached hydrogen (secondary N) is 3. The van der Waals surface area contributed by atoms with Crippen molar-refractivity contribution in [3.05, 3.63) is 48.0 Å². The van der Waals surface area contributed by atoms with Crippen LogP contribution >= 0.6 is 23.1 Å². The van der Waals surface area contributed by atoms with Gasteiger partial charge in [0.15, 0.2) is 4.34 Å². The summed E-state index contributed by atoms with van der Waals surface area (Å²) in [7, 11) is 0. The van der Waals surface area contributed by atoms with E-state index in [-0.39, 0.29) is 17.6 Å². The maximum Gasteiger partial charge on any atom is 0.234 e. The van der Waals surface area contributed by atoms with Crippen molar-refractivity contribution in [1.82, 2.24) is 10.2 Å². The molecule has 0 saturated carbocycles. The van der Waals surface area contributed by atoms with Gasteiger partial charge < -0.3 is 20.9 Å². The van der Waals surface area contributed by atoms with E-state index in [4.69, 9.17) is 0 Å². The predicted molar refractivity (Wildman–Crippen MR) is 136 cm³/mol. The van der Waals surface area contributed by atoms with Crippen molar-refractivity contribution in [2.45, 2.75) is 31.0 Å². The van der Waals surface area contributed by atoms with E-state index in [1.165, 1.54) is 48.6 Å². The van der Waals surface area contributed by atoms with Crippen molar-refractivity contribution in [3.63, 3.8) is 0 Å². The highest BCUT2D eigenvalue weighted by molar-refractivity contribution is 8.01. The summed E-state index contributed by atoms with van der Waals surface area (Å²) in [5, 5.41) is 17.8. The zero-order valence-corrected chi connectivity index (χ0v) is 20.2. The predicted octanol–water partition coefficient (Wildman–Crippen LogP) is 4.88. The second kappa shape index (κ2) is 10.7. The Kier molecular flexibility index (Phi) is 7.46. The van der Waals surface area contributed by atoms with Gasteiger partial charge in [0.05, 0.1) is 5.75 Å². The lowest BCUT2D eigenvalue weighted by atomic mass is 10.1. The topological polar surface area (TPSA) is 99.2 Å². The Hall–Kier alpha value is -3.11. The summed E-state index contributed by atoms with van der Waals surface area (Å²) in [5.74, 6) is 0.0439. The molecule has 0 bridgehead atoms. The lowest BCUT2D eigenvalue weighted by molar-refractivity contribution is -0.114. The fourth-order valence-corrected chi connectivity index (χ4v) is 5.17. The van der Waals surface area contributed by atoms with Crippen LogP contribution in [-0.4, -0.2) is 40.9 Å². The Morgan fingerprint density at radius 2 is 1.85 bits per heavy atom. The summed E-state index contributed by atoms with van der Waals surface area (Å²) in [6.45, 7) is 5.68. The van der Waals surface area contributed by atoms with Crippen LogP contribution in [0.4, 0.5) is 27.9 Å². The number of anilines is 5. The monoisotopic (exact) mass is 482 g/mol. The molecule has 3 aromatic rings. The largest absolute Gasteiger partial charge is 0.372 e. The first kappa shape index (κ1) is 23.1. The first-order valence-electron chi connectivity index (χ1n) is 10.7. The van der Waals surface area contributed by atoms with E-state index in [1.54, 1.807) is 0 Å². The molecule has 1 aliphatic rings.